The number of halogens is 2. The summed E-state index contributed by atoms with van der Waals surface area (Å²) in [6, 6.07) is 15.3. The van der Waals surface area contributed by atoms with E-state index in [1.165, 1.54) is 5.56 Å². The first kappa shape index (κ1) is 24.0. The molecule has 0 amide bonds. The summed E-state index contributed by atoms with van der Waals surface area (Å²) in [5.74, 6) is -1.08. The van der Waals surface area contributed by atoms with E-state index in [4.69, 9.17) is 27.7 Å². The van der Waals surface area contributed by atoms with E-state index in [0.29, 0.717) is 39.9 Å². The van der Waals surface area contributed by atoms with Gasteiger partial charge in [-0.2, -0.15) is 4.98 Å². The van der Waals surface area contributed by atoms with Gasteiger partial charge in [0.05, 0.1) is 28.1 Å². The molecule has 0 fully saturated rings. The Morgan fingerprint density at radius 1 is 1.09 bits per heavy atom. The second kappa shape index (κ2) is 10.0. The fourth-order valence-corrected chi connectivity index (χ4v) is 4.65. The molecule has 1 unspecified atom stereocenters. The molecule has 0 saturated carbocycles. The van der Waals surface area contributed by atoms with Crippen molar-refractivity contribution in [3.63, 3.8) is 0 Å². The maximum absolute atomic E-state index is 12.3. The smallest absolute Gasteiger partial charge is 0.334 e. The van der Waals surface area contributed by atoms with E-state index < -0.39 is 11.9 Å². The summed E-state index contributed by atoms with van der Waals surface area (Å²) in [4.78, 5) is 19.0. The number of nitrogens with zero attached hydrogens (tertiary/aromatic N) is 3. The molecule has 176 valence electrons. The van der Waals surface area contributed by atoms with Gasteiger partial charge < -0.3 is 14.9 Å². The Hall–Kier alpha value is -3.13. The number of benzene rings is 2. The first-order chi connectivity index (χ1) is 16.3. The number of aliphatic carboxylic acids is 1. The molecule has 1 aliphatic rings. The van der Waals surface area contributed by atoms with Crippen molar-refractivity contribution in [2.24, 2.45) is 0 Å². The van der Waals surface area contributed by atoms with Gasteiger partial charge in [0.1, 0.15) is 0 Å². The lowest BCUT2D eigenvalue weighted by Crippen LogP contribution is -2.27. The van der Waals surface area contributed by atoms with Crippen LogP contribution in [0.2, 0.25) is 10.0 Å². The average molecular weight is 499 g/mol. The Bertz CT molecular complexity index is 1280. The van der Waals surface area contributed by atoms with Crippen molar-refractivity contribution in [2.75, 3.05) is 7.05 Å². The Kier molecular flexibility index (Phi) is 7.07. The summed E-state index contributed by atoms with van der Waals surface area (Å²) in [5, 5.41) is 18.0. The quantitative estimate of drug-likeness (QED) is 0.445. The van der Waals surface area contributed by atoms with Crippen LogP contribution in [0.5, 0.6) is 0 Å². The van der Waals surface area contributed by atoms with Crippen molar-refractivity contribution in [1.29, 1.82) is 0 Å². The standard InChI is InChI=1S/C25H24Cl2N4O3/c1-14-20(24-29-19(30-34-24)13-31(3)12-16-8-5-4-6-9-16)22(21(25(32)33)15(2)28-14)17-10-7-11-18(26)23(17)27/h4-11,22,28H,12-13H2,1-3H3,(H,32,33). The third-order valence-corrected chi connectivity index (χ3v) is 6.52. The average Bonchev–Trinajstić information content (AvgIpc) is 3.23. The molecular weight excluding hydrogens is 475 g/mol. The van der Waals surface area contributed by atoms with Crippen molar-refractivity contribution < 1.29 is 14.4 Å². The van der Waals surface area contributed by atoms with Crippen LogP contribution >= 0.6 is 23.2 Å². The number of carbonyl (C=O) groups is 1. The number of hydrogen-bond donors (Lipinski definition) is 2. The number of rotatable bonds is 7. The minimum Gasteiger partial charge on any atom is -0.478 e. The molecule has 2 N–H and O–H groups in total. The second-order valence-corrected chi connectivity index (χ2v) is 9.04. The molecule has 0 aliphatic carbocycles. The highest BCUT2D eigenvalue weighted by Crippen LogP contribution is 2.46. The normalized spacial score (nSPS) is 16.2. The third-order valence-electron chi connectivity index (χ3n) is 5.69. The van der Waals surface area contributed by atoms with Gasteiger partial charge in [-0.15, -0.1) is 0 Å². The molecule has 0 saturated heterocycles. The lowest BCUT2D eigenvalue weighted by Gasteiger charge is -2.29. The van der Waals surface area contributed by atoms with E-state index in [1.807, 2.05) is 32.2 Å². The van der Waals surface area contributed by atoms with Gasteiger partial charge in [-0.3, -0.25) is 4.90 Å². The number of carboxylic acid groups (broad SMARTS) is 1. The molecule has 1 aliphatic heterocycles. The summed E-state index contributed by atoms with van der Waals surface area (Å²) in [6.45, 7) is 4.74. The Labute approximate surface area is 207 Å². The topological polar surface area (TPSA) is 91.5 Å². The van der Waals surface area contributed by atoms with Gasteiger partial charge in [0, 0.05) is 23.5 Å². The van der Waals surface area contributed by atoms with Crippen LogP contribution in [0, 0.1) is 0 Å². The van der Waals surface area contributed by atoms with Crippen molar-refractivity contribution in [3.05, 3.63) is 98.4 Å². The molecule has 1 aromatic heterocycles. The molecule has 9 heteroatoms. The molecule has 3 aromatic rings. The molecule has 4 rings (SSSR count). The van der Waals surface area contributed by atoms with E-state index >= 15 is 0 Å². The number of carboxylic acids is 1. The number of nitrogens with one attached hydrogen (secondary N) is 1. The summed E-state index contributed by atoms with van der Waals surface area (Å²) in [5.41, 5.74) is 3.64. The summed E-state index contributed by atoms with van der Waals surface area (Å²) in [7, 11) is 1.97. The Balaban J connectivity index is 1.69. The minimum absolute atomic E-state index is 0.144. The van der Waals surface area contributed by atoms with Gasteiger partial charge in [-0.05, 0) is 38.1 Å². The Morgan fingerprint density at radius 2 is 1.82 bits per heavy atom. The van der Waals surface area contributed by atoms with E-state index in [1.54, 1.807) is 25.1 Å². The maximum Gasteiger partial charge on any atom is 0.334 e. The molecule has 34 heavy (non-hydrogen) atoms. The van der Waals surface area contributed by atoms with Crippen molar-refractivity contribution in [3.8, 4) is 0 Å². The van der Waals surface area contributed by atoms with Gasteiger partial charge in [-0.1, -0.05) is 70.8 Å². The monoisotopic (exact) mass is 498 g/mol. The fraction of sp³-hybridized carbons (Fsp3) is 0.240. The van der Waals surface area contributed by atoms with Crippen LogP contribution in [0.1, 0.15) is 42.6 Å². The number of aromatic nitrogens is 2. The molecular formula is C25H24Cl2N4O3. The van der Waals surface area contributed by atoms with Crippen LogP contribution in [0.3, 0.4) is 0 Å². The molecule has 0 bridgehead atoms. The Morgan fingerprint density at radius 3 is 2.53 bits per heavy atom. The highest BCUT2D eigenvalue weighted by atomic mass is 35.5. The van der Waals surface area contributed by atoms with Crippen LogP contribution in [-0.4, -0.2) is 33.2 Å². The molecule has 2 heterocycles. The maximum atomic E-state index is 12.3. The van der Waals surface area contributed by atoms with Crippen LogP contribution in [0.25, 0.3) is 5.57 Å². The van der Waals surface area contributed by atoms with Crippen LogP contribution in [-0.2, 0) is 17.9 Å². The first-order valence-electron chi connectivity index (χ1n) is 10.7. The van der Waals surface area contributed by atoms with E-state index in [2.05, 4.69) is 32.5 Å². The SMILES string of the molecule is CC1=C(C(=O)O)C(c2cccc(Cl)c2Cl)C(c2nc(CN(C)Cc3ccccc3)no2)=C(C)N1. The molecule has 0 spiro atoms. The summed E-state index contributed by atoms with van der Waals surface area (Å²) in [6.07, 6.45) is 0. The molecule has 0 radical (unpaired) electrons. The lowest BCUT2D eigenvalue weighted by molar-refractivity contribution is -0.132. The lowest BCUT2D eigenvalue weighted by atomic mass is 9.80. The highest BCUT2D eigenvalue weighted by Gasteiger charge is 2.37. The van der Waals surface area contributed by atoms with E-state index in [0.717, 1.165) is 6.54 Å². The predicted molar refractivity (Wildman–Crippen MR) is 131 cm³/mol. The highest BCUT2D eigenvalue weighted by molar-refractivity contribution is 6.42. The molecule has 2 aromatic carbocycles. The molecule has 1 atom stereocenters. The van der Waals surface area contributed by atoms with E-state index in [-0.39, 0.29) is 16.5 Å². The zero-order valence-corrected chi connectivity index (χ0v) is 20.5. The van der Waals surface area contributed by atoms with Crippen LogP contribution in [0.15, 0.2) is 70.0 Å². The number of allylic oxidation sites excluding steroid dienone is 3. The van der Waals surface area contributed by atoms with Crippen LogP contribution in [0.4, 0.5) is 0 Å². The van der Waals surface area contributed by atoms with Gasteiger partial charge >= 0.3 is 5.97 Å². The van der Waals surface area contributed by atoms with Crippen LogP contribution < -0.4 is 5.32 Å². The minimum atomic E-state index is -1.07. The van der Waals surface area contributed by atoms with Gasteiger partial charge in [0.25, 0.3) is 5.89 Å². The fourth-order valence-electron chi connectivity index (χ4n) is 4.24. The first-order valence-corrected chi connectivity index (χ1v) is 11.4. The van der Waals surface area contributed by atoms with Crippen molar-refractivity contribution in [1.82, 2.24) is 20.4 Å². The predicted octanol–water partition coefficient (Wildman–Crippen LogP) is 5.49. The number of dihydropyridines is 1. The van der Waals surface area contributed by atoms with E-state index in [9.17, 15) is 9.90 Å². The largest absolute Gasteiger partial charge is 0.478 e. The summed E-state index contributed by atoms with van der Waals surface area (Å²) < 4.78 is 5.63. The zero-order chi connectivity index (χ0) is 24.4. The number of hydrogen-bond acceptors (Lipinski definition) is 6. The van der Waals surface area contributed by atoms with Gasteiger partial charge in [-0.25, -0.2) is 4.79 Å². The second-order valence-electron chi connectivity index (χ2n) is 8.26. The van der Waals surface area contributed by atoms with Crippen molar-refractivity contribution >= 4 is 34.7 Å². The van der Waals surface area contributed by atoms with Crippen molar-refractivity contribution in [2.45, 2.75) is 32.9 Å². The van der Waals surface area contributed by atoms with Gasteiger partial charge in [0.15, 0.2) is 5.82 Å². The van der Waals surface area contributed by atoms with Gasteiger partial charge in [0.2, 0.25) is 0 Å². The molecule has 7 nitrogen and oxygen atoms in total. The summed E-state index contributed by atoms with van der Waals surface area (Å²) >= 11 is 12.8. The third kappa shape index (κ3) is 4.87. The zero-order valence-electron chi connectivity index (χ0n) is 19.0.